The number of nitrogens with two attached hydrogens (primary N) is 1. The molecule has 0 spiro atoms. The summed E-state index contributed by atoms with van der Waals surface area (Å²) >= 11 is 0. The molecule has 134 valence electrons. The van der Waals surface area contributed by atoms with Crippen molar-refractivity contribution in [2.75, 3.05) is 19.6 Å². The molecule has 1 unspecified atom stereocenters. The zero-order chi connectivity index (χ0) is 17.5. The van der Waals surface area contributed by atoms with Crippen LogP contribution in [-0.4, -0.2) is 46.0 Å². The number of rotatable bonds is 7. The van der Waals surface area contributed by atoms with E-state index in [9.17, 15) is 4.79 Å². The maximum Gasteiger partial charge on any atom is 0.221 e. The van der Waals surface area contributed by atoms with Crippen LogP contribution in [0.5, 0.6) is 0 Å². The molecule has 6 heteroatoms. The first kappa shape index (κ1) is 17.6. The average Bonchev–Trinajstić information content (AvgIpc) is 3.17. The summed E-state index contributed by atoms with van der Waals surface area (Å²) in [6.45, 7) is 3.12. The monoisotopic (exact) mass is 341 g/mol. The highest BCUT2D eigenvalue weighted by Gasteiger charge is 2.22. The van der Waals surface area contributed by atoms with Crippen molar-refractivity contribution in [2.24, 2.45) is 5.73 Å². The van der Waals surface area contributed by atoms with Gasteiger partial charge in [0.1, 0.15) is 0 Å². The molecule has 1 aliphatic heterocycles. The van der Waals surface area contributed by atoms with Gasteiger partial charge in [-0.15, -0.1) is 0 Å². The number of imidazole rings is 1. The smallest absolute Gasteiger partial charge is 0.221 e. The van der Waals surface area contributed by atoms with Gasteiger partial charge in [0.2, 0.25) is 5.91 Å². The summed E-state index contributed by atoms with van der Waals surface area (Å²) < 4.78 is 2.00. The van der Waals surface area contributed by atoms with Crippen LogP contribution in [-0.2, 0) is 11.3 Å². The normalized spacial score (nSPS) is 18.2. The summed E-state index contributed by atoms with van der Waals surface area (Å²) in [5, 5.41) is 3.03. The van der Waals surface area contributed by atoms with Gasteiger partial charge in [0.05, 0.1) is 6.33 Å². The SMILES string of the molecule is NCCC(=O)NCC1CCCCN1Cc1ccc(-n2ccnc2)cc1. The second-order valence-corrected chi connectivity index (χ2v) is 6.60. The van der Waals surface area contributed by atoms with Crippen LogP contribution in [0.4, 0.5) is 0 Å². The topological polar surface area (TPSA) is 76.2 Å². The van der Waals surface area contributed by atoms with E-state index in [4.69, 9.17) is 5.73 Å². The lowest BCUT2D eigenvalue weighted by molar-refractivity contribution is -0.121. The minimum atomic E-state index is 0.0534. The molecule has 1 aromatic heterocycles. The highest BCUT2D eigenvalue weighted by molar-refractivity contribution is 5.76. The van der Waals surface area contributed by atoms with E-state index < -0.39 is 0 Å². The molecule has 1 amide bonds. The summed E-state index contributed by atoms with van der Waals surface area (Å²) in [5.74, 6) is 0.0534. The second-order valence-electron chi connectivity index (χ2n) is 6.60. The molecule has 0 saturated carbocycles. The predicted molar refractivity (Wildman–Crippen MR) is 98.3 cm³/mol. The van der Waals surface area contributed by atoms with Gasteiger partial charge in [-0.05, 0) is 37.1 Å². The molecule has 1 atom stereocenters. The Bertz CT molecular complexity index is 653. The maximum absolute atomic E-state index is 11.7. The number of piperidine rings is 1. The molecule has 0 bridgehead atoms. The molecule has 2 aromatic rings. The third-order valence-corrected chi connectivity index (χ3v) is 4.78. The number of hydrogen-bond donors (Lipinski definition) is 2. The van der Waals surface area contributed by atoms with Crippen molar-refractivity contribution < 1.29 is 4.79 Å². The number of likely N-dealkylation sites (tertiary alicyclic amines) is 1. The molecule has 1 aliphatic rings. The lowest BCUT2D eigenvalue weighted by atomic mass is 10.0. The fourth-order valence-corrected chi connectivity index (χ4v) is 3.37. The Balaban J connectivity index is 1.58. The van der Waals surface area contributed by atoms with Gasteiger partial charge in [-0.3, -0.25) is 9.69 Å². The fourth-order valence-electron chi connectivity index (χ4n) is 3.37. The van der Waals surface area contributed by atoms with Crippen LogP contribution >= 0.6 is 0 Å². The van der Waals surface area contributed by atoms with E-state index in [0.29, 0.717) is 25.6 Å². The van der Waals surface area contributed by atoms with Crippen molar-refractivity contribution in [3.05, 3.63) is 48.5 Å². The number of aromatic nitrogens is 2. The van der Waals surface area contributed by atoms with Gasteiger partial charge in [-0.1, -0.05) is 18.6 Å². The first-order chi connectivity index (χ1) is 12.3. The average molecular weight is 341 g/mol. The van der Waals surface area contributed by atoms with Crippen LogP contribution in [0.2, 0.25) is 0 Å². The standard InChI is InChI=1S/C19H27N5O/c20-9-8-19(25)22-13-18-3-1-2-11-23(18)14-16-4-6-17(7-5-16)24-12-10-21-15-24/h4-7,10,12,15,18H,1-3,8-9,11,13-14,20H2,(H,22,25). The van der Waals surface area contributed by atoms with Crippen molar-refractivity contribution in [3.8, 4) is 5.69 Å². The minimum absolute atomic E-state index is 0.0534. The van der Waals surface area contributed by atoms with Gasteiger partial charge in [0.15, 0.2) is 0 Å². The number of nitrogens with one attached hydrogen (secondary N) is 1. The molecule has 1 fully saturated rings. The van der Waals surface area contributed by atoms with Crippen molar-refractivity contribution in [2.45, 2.75) is 38.3 Å². The molecule has 25 heavy (non-hydrogen) atoms. The predicted octanol–water partition coefficient (Wildman–Crippen LogP) is 1.69. The largest absolute Gasteiger partial charge is 0.354 e. The van der Waals surface area contributed by atoms with Gasteiger partial charge in [0, 0.05) is 50.2 Å². The van der Waals surface area contributed by atoms with Crippen LogP contribution in [0, 0.1) is 0 Å². The Morgan fingerprint density at radius 1 is 1.28 bits per heavy atom. The summed E-state index contributed by atoms with van der Waals surface area (Å²) in [4.78, 5) is 18.3. The summed E-state index contributed by atoms with van der Waals surface area (Å²) in [6, 6.07) is 9.00. The Morgan fingerprint density at radius 3 is 2.84 bits per heavy atom. The number of hydrogen-bond acceptors (Lipinski definition) is 4. The Hall–Kier alpha value is -2.18. The van der Waals surface area contributed by atoms with Crippen molar-refractivity contribution >= 4 is 5.91 Å². The third-order valence-electron chi connectivity index (χ3n) is 4.78. The second kappa shape index (κ2) is 8.78. The third kappa shape index (κ3) is 4.90. The Kier molecular flexibility index (Phi) is 6.19. The molecule has 1 saturated heterocycles. The molecule has 0 aliphatic carbocycles. The lowest BCUT2D eigenvalue weighted by Gasteiger charge is -2.36. The molecular formula is C19H27N5O. The van der Waals surface area contributed by atoms with Crippen molar-refractivity contribution in [1.29, 1.82) is 0 Å². The number of carbonyl (C=O) groups is 1. The fraction of sp³-hybridized carbons (Fsp3) is 0.474. The Morgan fingerprint density at radius 2 is 2.12 bits per heavy atom. The van der Waals surface area contributed by atoms with Gasteiger partial charge < -0.3 is 15.6 Å². The molecular weight excluding hydrogens is 314 g/mol. The summed E-state index contributed by atoms with van der Waals surface area (Å²) in [5.41, 5.74) is 7.85. The van der Waals surface area contributed by atoms with E-state index in [1.807, 2.05) is 10.8 Å². The quantitative estimate of drug-likeness (QED) is 0.803. The highest BCUT2D eigenvalue weighted by atomic mass is 16.1. The number of nitrogens with zero attached hydrogens (tertiary/aromatic N) is 3. The van der Waals surface area contributed by atoms with E-state index in [0.717, 1.165) is 25.2 Å². The molecule has 1 aromatic carbocycles. The van der Waals surface area contributed by atoms with Crippen LogP contribution in [0.25, 0.3) is 5.69 Å². The van der Waals surface area contributed by atoms with Gasteiger partial charge in [-0.2, -0.15) is 0 Å². The van der Waals surface area contributed by atoms with Crippen LogP contribution in [0.15, 0.2) is 43.0 Å². The maximum atomic E-state index is 11.7. The van der Waals surface area contributed by atoms with Crippen LogP contribution in [0.3, 0.4) is 0 Å². The van der Waals surface area contributed by atoms with Gasteiger partial charge in [-0.25, -0.2) is 4.98 Å². The summed E-state index contributed by atoms with van der Waals surface area (Å²) in [7, 11) is 0. The molecule has 2 heterocycles. The van der Waals surface area contributed by atoms with Gasteiger partial charge in [0.25, 0.3) is 0 Å². The van der Waals surface area contributed by atoms with Crippen LogP contribution in [0.1, 0.15) is 31.2 Å². The van der Waals surface area contributed by atoms with E-state index >= 15 is 0 Å². The molecule has 3 rings (SSSR count). The number of amides is 1. The van der Waals surface area contributed by atoms with E-state index in [2.05, 4.69) is 39.5 Å². The number of carbonyl (C=O) groups excluding carboxylic acids is 1. The first-order valence-electron chi connectivity index (χ1n) is 9.04. The van der Waals surface area contributed by atoms with E-state index in [1.165, 1.54) is 18.4 Å². The number of benzene rings is 1. The molecule has 0 radical (unpaired) electrons. The lowest BCUT2D eigenvalue weighted by Crippen LogP contribution is -2.46. The molecule has 3 N–H and O–H groups in total. The molecule has 6 nitrogen and oxygen atoms in total. The Labute approximate surface area is 149 Å². The zero-order valence-corrected chi connectivity index (χ0v) is 14.6. The van der Waals surface area contributed by atoms with E-state index in [1.54, 1.807) is 12.5 Å². The first-order valence-corrected chi connectivity index (χ1v) is 9.04. The van der Waals surface area contributed by atoms with Gasteiger partial charge >= 0.3 is 0 Å². The summed E-state index contributed by atoms with van der Waals surface area (Å²) in [6.07, 6.45) is 9.52. The van der Waals surface area contributed by atoms with E-state index in [-0.39, 0.29) is 5.91 Å². The minimum Gasteiger partial charge on any atom is -0.354 e. The highest BCUT2D eigenvalue weighted by Crippen LogP contribution is 2.20. The zero-order valence-electron chi connectivity index (χ0n) is 14.6. The van der Waals surface area contributed by atoms with Crippen LogP contribution < -0.4 is 11.1 Å². The van der Waals surface area contributed by atoms with Crippen molar-refractivity contribution in [1.82, 2.24) is 19.8 Å². The van der Waals surface area contributed by atoms with Crippen molar-refractivity contribution in [3.63, 3.8) is 0 Å².